The van der Waals surface area contributed by atoms with Crippen LogP contribution in [0, 0.1) is 0 Å². The van der Waals surface area contributed by atoms with Gasteiger partial charge in [0.1, 0.15) is 5.75 Å². The largest absolute Gasteiger partial charge is 0.494 e. The molecule has 1 aromatic carbocycles. The van der Waals surface area contributed by atoms with E-state index in [1.807, 2.05) is 24.3 Å². The number of piperidine rings is 1. The second kappa shape index (κ2) is 10.7. The number of ether oxygens (including phenoxy) is 1. The summed E-state index contributed by atoms with van der Waals surface area (Å²) in [6.07, 6.45) is 5.89. The minimum atomic E-state index is -0.484. The number of nitrogens with zero attached hydrogens (tertiary/aromatic N) is 7. The van der Waals surface area contributed by atoms with Crippen molar-refractivity contribution < 1.29 is 14.2 Å². The summed E-state index contributed by atoms with van der Waals surface area (Å²) in [5, 5.41) is 19.6. The first-order chi connectivity index (χ1) is 16.2. The van der Waals surface area contributed by atoms with Crippen molar-refractivity contribution in [3.63, 3.8) is 0 Å². The van der Waals surface area contributed by atoms with Gasteiger partial charge in [0.15, 0.2) is 5.69 Å². The number of aromatic nitrogens is 5. The number of amides is 1. The van der Waals surface area contributed by atoms with Crippen LogP contribution in [-0.4, -0.2) is 62.0 Å². The lowest BCUT2D eigenvalue weighted by molar-refractivity contribution is 0.0947. The van der Waals surface area contributed by atoms with Crippen LogP contribution in [0.3, 0.4) is 0 Å². The molecule has 0 saturated carbocycles. The molecule has 0 aliphatic carbocycles. The van der Waals surface area contributed by atoms with Gasteiger partial charge in [-0.15, -0.1) is 5.10 Å². The molecule has 3 N–H and O–H groups in total. The minimum Gasteiger partial charge on any atom is -0.494 e. The first-order valence-electron chi connectivity index (χ1n) is 11.0. The predicted molar refractivity (Wildman–Crippen MR) is 120 cm³/mol. The molecule has 33 heavy (non-hydrogen) atoms. The maximum absolute atomic E-state index is 12.9. The second-order valence-corrected chi connectivity index (χ2v) is 7.72. The van der Waals surface area contributed by atoms with Gasteiger partial charge in [-0.2, -0.15) is 9.78 Å². The van der Waals surface area contributed by atoms with E-state index in [9.17, 15) is 4.79 Å². The minimum absolute atomic E-state index is 0.0659. The highest BCUT2D eigenvalue weighted by molar-refractivity contribution is 5.94. The van der Waals surface area contributed by atoms with Crippen LogP contribution in [0.15, 0.2) is 34.0 Å². The van der Waals surface area contributed by atoms with Gasteiger partial charge in [-0.3, -0.25) is 9.69 Å². The average Bonchev–Trinajstić information content (AvgIpc) is 3.44. The molecule has 0 bridgehead atoms. The third-order valence-corrected chi connectivity index (χ3v) is 5.23. The SMILES string of the molecule is CCCOc1ccc(/C=N/NC(=O)c2nnn(-c3nonc3N)c2CN2CCCCC2)cc1. The van der Waals surface area contributed by atoms with Crippen molar-refractivity contribution in [3.05, 3.63) is 41.2 Å². The third-order valence-electron chi connectivity index (χ3n) is 5.23. The molecule has 12 heteroatoms. The molecule has 1 aliphatic heterocycles. The standard InChI is InChI=1S/C21H27N9O3/c1-2-12-32-16-8-6-15(7-9-16)13-23-25-21(31)18-17(14-29-10-4-3-5-11-29)30(28-24-18)20-19(22)26-33-27-20/h6-9,13H,2-5,10-12,14H2,1H3,(H2,22,26)(H,25,31)/b23-13+. The quantitative estimate of drug-likeness (QED) is 0.365. The summed E-state index contributed by atoms with van der Waals surface area (Å²) in [6.45, 7) is 5.03. The zero-order valence-corrected chi connectivity index (χ0v) is 18.5. The molecule has 3 aromatic rings. The number of hydrogen-bond donors (Lipinski definition) is 2. The van der Waals surface area contributed by atoms with Crippen molar-refractivity contribution in [1.29, 1.82) is 0 Å². The summed E-state index contributed by atoms with van der Waals surface area (Å²) in [7, 11) is 0. The molecular weight excluding hydrogens is 426 g/mol. The van der Waals surface area contributed by atoms with Gasteiger partial charge in [-0.1, -0.05) is 18.6 Å². The summed E-state index contributed by atoms with van der Waals surface area (Å²) in [5.74, 6) is 0.569. The number of benzene rings is 1. The molecule has 0 atom stereocenters. The Morgan fingerprint density at radius 3 is 2.73 bits per heavy atom. The molecule has 174 valence electrons. The first-order valence-corrected chi connectivity index (χ1v) is 11.0. The summed E-state index contributed by atoms with van der Waals surface area (Å²) in [6, 6.07) is 7.44. The Balaban J connectivity index is 1.48. The highest BCUT2D eigenvalue weighted by Gasteiger charge is 2.26. The number of nitrogens with one attached hydrogen (secondary N) is 1. The van der Waals surface area contributed by atoms with E-state index < -0.39 is 5.91 Å². The lowest BCUT2D eigenvalue weighted by Gasteiger charge is -2.26. The van der Waals surface area contributed by atoms with Crippen molar-refractivity contribution in [2.24, 2.45) is 5.10 Å². The van der Waals surface area contributed by atoms with E-state index in [4.69, 9.17) is 15.1 Å². The van der Waals surface area contributed by atoms with E-state index in [0.29, 0.717) is 18.8 Å². The lowest BCUT2D eigenvalue weighted by Crippen LogP contribution is -2.31. The van der Waals surface area contributed by atoms with E-state index >= 15 is 0 Å². The molecule has 0 spiro atoms. The number of carbonyl (C=O) groups excluding carboxylic acids is 1. The van der Waals surface area contributed by atoms with Crippen molar-refractivity contribution in [3.8, 4) is 11.6 Å². The number of likely N-dealkylation sites (tertiary alicyclic amines) is 1. The van der Waals surface area contributed by atoms with E-state index in [0.717, 1.165) is 43.7 Å². The summed E-state index contributed by atoms with van der Waals surface area (Å²) in [4.78, 5) is 15.1. The van der Waals surface area contributed by atoms with Gasteiger partial charge in [0, 0.05) is 6.54 Å². The highest BCUT2D eigenvalue weighted by Crippen LogP contribution is 2.19. The predicted octanol–water partition coefficient (Wildman–Crippen LogP) is 1.77. The Bertz CT molecular complexity index is 1080. The Morgan fingerprint density at radius 1 is 1.24 bits per heavy atom. The van der Waals surface area contributed by atoms with Gasteiger partial charge in [0.05, 0.1) is 18.5 Å². The maximum Gasteiger partial charge on any atom is 0.293 e. The van der Waals surface area contributed by atoms with Crippen LogP contribution in [-0.2, 0) is 6.54 Å². The molecule has 1 saturated heterocycles. The number of carbonyl (C=O) groups is 1. The van der Waals surface area contributed by atoms with Gasteiger partial charge < -0.3 is 10.5 Å². The topological polar surface area (TPSA) is 150 Å². The molecule has 0 unspecified atom stereocenters. The molecule has 1 fully saturated rings. The lowest BCUT2D eigenvalue weighted by atomic mass is 10.1. The average molecular weight is 454 g/mol. The van der Waals surface area contributed by atoms with E-state index in [1.54, 1.807) is 6.21 Å². The Hall–Kier alpha value is -3.80. The Morgan fingerprint density at radius 2 is 2.03 bits per heavy atom. The molecule has 12 nitrogen and oxygen atoms in total. The molecule has 2 aromatic heterocycles. The van der Waals surface area contributed by atoms with Gasteiger partial charge in [-0.05, 0) is 72.5 Å². The number of rotatable bonds is 9. The maximum atomic E-state index is 12.9. The van der Waals surface area contributed by atoms with Crippen LogP contribution in [0.5, 0.6) is 5.75 Å². The molecule has 1 amide bonds. The van der Waals surface area contributed by atoms with Crippen molar-refractivity contribution in [2.45, 2.75) is 39.2 Å². The zero-order valence-electron chi connectivity index (χ0n) is 18.5. The number of hydrazone groups is 1. The summed E-state index contributed by atoms with van der Waals surface area (Å²) >= 11 is 0. The van der Waals surface area contributed by atoms with Crippen LogP contribution < -0.4 is 15.9 Å². The van der Waals surface area contributed by atoms with Crippen molar-refractivity contribution in [1.82, 2.24) is 35.6 Å². The number of hydrogen-bond acceptors (Lipinski definition) is 10. The Labute approximate surface area is 190 Å². The molecule has 1 aliphatic rings. The van der Waals surface area contributed by atoms with Gasteiger partial charge in [0.25, 0.3) is 5.91 Å². The van der Waals surface area contributed by atoms with Crippen LogP contribution >= 0.6 is 0 Å². The normalized spacial score (nSPS) is 14.6. The zero-order chi connectivity index (χ0) is 23.0. The van der Waals surface area contributed by atoms with Gasteiger partial charge in [0.2, 0.25) is 11.6 Å². The number of nitrogen functional groups attached to an aromatic ring is 1. The van der Waals surface area contributed by atoms with Crippen LogP contribution in [0.4, 0.5) is 5.82 Å². The fourth-order valence-corrected chi connectivity index (χ4v) is 3.55. The number of nitrogens with two attached hydrogens (primary N) is 1. The van der Waals surface area contributed by atoms with E-state index in [-0.39, 0.29) is 17.3 Å². The van der Waals surface area contributed by atoms with Crippen molar-refractivity contribution in [2.75, 3.05) is 25.4 Å². The Kier molecular flexibility index (Phi) is 7.25. The van der Waals surface area contributed by atoms with Crippen LogP contribution in [0.2, 0.25) is 0 Å². The smallest absolute Gasteiger partial charge is 0.293 e. The fraction of sp³-hybridized carbons (Fsp3) is 0.429. The fourth-order valence-electron chi connectivity index (χ4n) is 3.55. The molecular formula is C21H27N9O3. The van der Waals surface area contributed by atoms with Crippen LogP contribution in [0.25, 0.3) is 5.82 Å². The number of anilines is 1. The monoisotopic (exact) mass is 453 g/mol. The first kappa shape index (κ1) is 22.4. The van der Waals surface area contributed by atoms with E-state index in [1.165, 1.54) is 11.1 Å². The summed E-state index contributed by atoms with van der Waals surface area (Å²) in [5.41, 5.74) is 9.87. The summed E-state index contributed by atoms with van der Waals surface area (Å²) < 4.78 is 11.7. The second-order valence-electron chi connectivity index (χ2n) is 7.72. The van der Waals surface area contributed by atoms with E-state index in [2.05, 4.69) is 43.0 Å². The molecule has 3 heterocycles. The highest BCUT2D eigenvalue weighted by atomic mass is 16.6. The van der Waals surface area contributed by atoms with Gasteiger partial charge >= 0.3 is 0 Å². The van der Waals surface area contributed by atoms with Gasteiger partial charge in [-0.25, -0.2) is 10.1 Å². The van der Waals surface area contributed by atoms with Crippen LogP contribution in [0.1, 0.15) is 54.4 Å². The molecule has 4 rings (SSSR count). The van der Waals surface area contributed by atoms with Crippen molar-refractivity contribution >= 4 is 17.9 Å². The third kappa shape index (κ3) is 5.52. The molecule has 0 radical (unpaired) electrons.